The monoisotopic (exact) mass is 497 g/mol. The summed E-state index contributed by atoms with van der Waals surface area (Å²) in [4.78, 5) is 0. The maximum Gasteiger partial charge on any atom is 0.132 e. The molecule has 0 bridgehead atoms. The highest BCUT2D eigenvalue weighted by Gasteiger charge is 2.45. The second kappa shape index (κ2) is 11.4. The number of unbranched alkanes of at least 4 members (excludes halogenated alkanes) is 1. The SMILES string of the molecule is CCCCOC1c2cc(NCc3ccc(F)cc3)ccc2OC(C)(C)C1OCc1cccc(Cl)c1. The molecule has 35 heavy (non-hydrogen) atoms. The maximum absolute atomic E-state index is 13.2. The van der Waals surface area contributed by atoms with Crippen LogP contribution in [0.4, 0.5) is 10.1 Å². The van der Waals surface area contributed by atoms with Crippen molar-refractivity contribution in [3.63, 3.8) is 0 Å². The predicted molar refractivity (Wildman–Crippen MR) is 139 cm³/mol. The van der Waals surface area contributed by atoms with E-state index < -0.39 is 5.60 Å². The Balaban J connectivity index is 1.57. The lowest BCUT2D eigenvalue weighted by atomic mass is 9.87. The van der Waals surface area contributed by atoms with Gasteiger partial charge < -0.3 is 19.5 Å². The maximum atomic E-state index is 13.2. The molecule has 0 amide bonds. The third-order valence-corrected chi connectivity index (χ3v) is 6.41. The molecule has 186 valence electrons. The Morgan fingerprint density at radius 1 is 1.00 bits per heavy atom. The summed E-state index contributed by atoms with van der Waals surface area (Å²) in [6.45, 7) is 7.85. The van der Waals surface area contributed by atoms with Gasteiger partial charge in [0.2, 0.25) is 0 Å². The van der Waals surface area contributed by atoms with Crippen LogP contribution in [0.1, 0.15) is 56.4 Å². The van der Waals surface area contributed by atoms with Crippen molar-refractivity contribution in [2.24, 2.45) is 0 Å². The highest BCUT2D eigenvalue weighted by Crippen LogP contribution is 2.44. The normalized spacial score (nSPS) is 18.5. The molecular weight excluding hydrogens is 465 g/mol. The summed E-state index contributed by atoms with van der Waals surface area (Å²) >= 11 is 6.17. The van der Waals surface area contributed by atoms with Gasteiger partial charge in [-0.05, 0) is 73.9 Å². The smallest absolute Gasteiger partial charge is 0.132 e. The highest BCUT2D eigenvalue weighted by atomic mass is 35.5. The Kier molecular flexibility index (Phi) is 8.32. The lowest BCUT2D eigenvalue weighted by molar-refractivity contribution is -0.167. The van der Waals surface area contributed by atoms with Crippen LogP contribution in [0.5, 0.6) is 5.75 Å². The van der Waals surface area contributed by atoms with Crippen molar-refractivity contribution >= 4 is 17.3 Å². The number of nitrogens with one attached hydrogen (secondary N) is 1. The van der Waals surface area contributed by atoms with E-state index in [9.17, 15) is 4.39 Å². The second-order valence-electron chi connectivity index (χ2n) is 9.44. The van der Waals surface area contributed by atoms with Crippen molar-refractivity contribution < 1.29 is 18.6 Å². The van der Waals surface area contributed by atoms with Crippen molar-refractivity contribution in [3.8, 4) is 5.75 Å². The first-order valence-electron chi connectivity index (χ1n) is 12.1. The van der Waals surface area contributed by atoms with E-state index in [-0.39, 0.29) is 18.0 Å². The van der Waals surface area contributed by atoms with E-state index in [1.54, 1.807) is 12.1 Å². The molecule has 1 aliphatic rings. The zero-order chi connectivity index (χ0) is 24.8. The molecule has 0 aromatic heterocycles. The molecule has 1 aliphatic heterocycles. The number of rotatable bonds is 10. The molecule has 1 heterocycles. The van der Waals surface area contributed by atoms with E-state index in [4.69, 9.17) is 25.8 Å². The van der Waals surface area contributed by atoms with E-state index in [0.717, 1.165) is 41.0 Å². The van der Waals surface area contributed by atoms with Crippen LogP contribution in [0.3, 0.4) is 0 Å². The van der Waals surface area contributed by atoms with Gasteiger partial charge in [-0.2, -0.15) is 0 Å². The molecule has 0 fully saturated rings. The van der Waals surface area contributed by atoms with Crippen LogP contribution < -0.4 is 10.1 Å². The van der Waals surface area contributed by atoms with Gasteiger partial charge in [0.05, 0.1) is 6.61 Å². The summed E-state index contributed by atoms with van der Waals surface area (Å²) in [6, 6.07) is 20.2. The molecule has 2 atom stereocenters. The quantitative estimate of drug-likeness (QED) is 0.291. The summed E-state index contributed by atoms with van der Waals surface area (Å²) in [6.07, 6.45) is 1.41. The third-order valence-electron chi connectivity index (χ3n) is 6.17. The average Bonchev–Trinajstić information content (AvgIpc) is 2.83. The van der Waals surface area contributed by atoms with Gasteiger partial charge in [-0.15, -0.1) is 0 Å². The minimum atomic E-state index is -0.592. The second-order valence-corrected chi connectivity index (χ2v) is 9.88. The largest absolute Gasteiger partial charge is 0.485 e. The Hall–Kier alpha value is -2.60. The van der Waals surface area contributed by atoms with Crippen molar-refractivity contribution in [2.45, 2.75) is 64.6 Å². The summed E-state index contributed by atoms with van der Waals surface area (Å²) in [5.41, 5.74) is 3.31. The summed E-state index contributed by atoms with van der Waals surface area (Å²) in [5.74, 6) is 0.560. The van der Waals surface area contributed by atoms with Crippen molar-refractivity contribution in [1.29, 1.82) is 0 Å². The van der Waals surface area contributed by atoms with Crippen molar-refractivity contribution in [2.75, 3.05) is 11.9 Å². The van der Waals surface area contributed by atoms with Gasteiger partial charge in [-0.1, -0.05) is 49.2 Å². The van der Waals surface area contributed by atoms with Gasteiger partial charge >= 0.3 is 0 Å². The van der Waals surface area contributed by atoms with Gasteiger partial charge in [0.25, 0.3) is 0 Å². The molecule has 6 heteroatoms. The van der Waals surface area contributed by atoms with E-state index >= 15 is 0 Å². The first-order valence-corrected chi connectivity index (χ1v) is 12.5. The molecule has 0 radical (unpaired) electrons. The van der Waals surface area contributed by atoms with Crippen LogP contribution in [-0.2, 0) is 22.6 Å². The molecule has 4 rings (SSSR count). The van der Waals surface area contributed by atoms with Crippen LogP contribution in [0.15, 0.2) is 66.7 Å². The van der Waals surface area contributed by atoms with E-state index in [0.29, 0.717) is 24.8 Å². The van der Waals surface area contributed by atoms with Crippen LogP contribution >= 0.6 is 11.6 Å². The lowest BCUT2D eigenvalue weighted by Crippen LogP contribution is -2.51. The van der Waals surface area contributed by atoms with Crippen molar-refractivity contribution in [3.05, 3.63) is 94.3 Å². The van der Waals surface area contributed by atoms with E-state index in [1.165, 1.54) is 12.1 Å². The molecule has 2 unspecified atom stereocenters. The average molecular weight is 498 g/mol. The van der Waals surface area contributed by atoms with E-state index in [2.05, 4.69) is 18.3 Å². The summed E-state index contributed by atoms with van der Waals surface area (Å²) < 4.78 is 32.5. The number of hydrogen-bond acceptors (Lipinski definition) is 4. The molecule has 0 aliphatic carbocycles. The number of hydrogen-bond donors (Lipinski definition) is 1. The van der Waals surface area contributed by atoms with E-state index in [1.807, 2.05) is 50.2 Å². The molecule has 0 spiro atoms. The van der Waals surface area contributed by atoms with Gasteiger partial charge in [0.1, 0.15) is 29.4 Å². The van der Waals surface area contributed by atoms with Gasteiger partial charge in [-0.3, -0.25) is 0 Å². The first kappa shape index (κ1) is 25.5. The van der Waals surface area contributed by atoms with Crippen LogP contribution in [0.2, 0.25) is 5.02 Å². The van der Waals surface area contributed by atoms with Gasteiger partial charge in [-0.25, -0.2) is 4.39 Å². The predicted octanol–water partition coefficient (Wildman–Crippen LogP) is 7.71. The zero-order valence-electron chi connectivity index (χ0n) is 20.5. The van der Waals surface area contributed by atoms with Crippen molar-refractivity contribution in [1.82, 2.24) is 0 Å². The summed E-state index contributed by atoms with van der Waals surface area (Å²) in [7, 11) is 0. The lowest BCUT2D eigenvalue weighted by Gasteiger charge is -2.44. The molecular formula is C29H33ClFNO3. The molecule has 1 N–H and O–H groups in total. The molecule has 0 saturated carbocycles. The van der Waals surface area contributed by atoms with Gasteiger partial charge in [0, 0.05) is 29.4 Å². The zero-order valence-corrected chi connectivity index (χ0v) is 21.3. The number of anilines is 1. The fourth-order valence-electron chi connectivity index (χ4n) is 4.28. The Morgan fingerprint density at radius 2 is 1.80 bits per heavy atom. The topological polar surface area (TPSA) is 39.7 Å². The molecule has 0 saturated heterocycles. The highest BCUT2D eigenvalue weighted by molar-refractivity contribution is 6.30. The minimum Gasteiger partial charge on any atom is -0.485 e. The Morgan fingerprint density at radius 3 is 2.54 bits per heavy atom. The number of halogens is 2. The fraction of sp³-hybridized carbons (Fsp3) is 0.379. The van der Waals surface area contributed by atoms with Crippen LogP contribution in [0, 0.1) is 5.82 Å². The standard InChI is InChI=1S/C29H33ClFNO3/c1-4-5-15-33-27-25-17-24(32-18-20-9-11-23(31)12-10-20)13-14-26(25)35-29(2,3)28(27)34-19-21-7-6-8-22(30)16-21/h6-14,16-17,27-28,32H,4-5,15,18-19H2,1-3H3. The fourth-order valence-corrected chi connectivity index (χ4v) is 4.49. The van der Waals surface area contributed by atoms with Crippen LogP contribution in [0.25, 0.3) is 0 Å². The number of benzene rings is 3. The minimum absolute atomic E-state index is 0.238. The van der Waals surface area contributed by atoms with Gasteiger partial charge in [0.15, 0.2) is 0 Å². The molecule has 3 aromatic rings. The molecule has 4 nitrogen and oxygen atoms in total. The third kappa shape index (κ3) is 6.54. The number of ether oxygens (including phenoxy) is 3. The Bertz CT molecular complexity index is 1120. The Labute approximate surface area is 212 Å². The number of fused-ring (bicyclic) bond motifs is 1. The van der Waals surface area contributed by atoms with Crippen LogP contribution in [-0.4, -0.2) is 18.3 Å². The summed E-state index contributed by atoms with van der Waals surface area (Å²) in [5, 5.41) is 4.11. The first-order chi connectivity index (χ1) is 16.9. The molecule has 3 aromatic carbocycles.